The highest BCUT2D eigenvalue weighted by molar-refractivity contribution is 5.96. The fraction of sp³-hybridized carbons (Fsp3) is 0.500. The van der Waals surface area contributed by atoms with E-state index in [0.717, 1.165) is 5.56 Å². The predicted octanol–water partition coefficient (Wildman–Crippen LogP) is 0.0748. The lowest BCUT2D eigenvalue weighted by atomic mass is 10.0. The van der Waals surface area contributed by atoms with Gasteiger partial charge in [-0.1, -0.05) is 32.9 Å². The maximum Gasteiger partial charge on any atom is 0.303 e. The van der Waals surface area contributed by atoms with Crippen LogP contribution in [-0.4, -0.2) is 60.1 Å². The summed E-state index contributed by atoms with van der Waals surface area (Å²) in [7, 11) is 1.64. The molecule has 10 nitrogen and oxygen atoms in total. The molecule has 168 valence electrons. The average Bonchev–Trinajstić information content (AvgIpc) is 2.71. The molecule has 0 fully saturated rings. The number of benzene rings is 1. The molecule has 0 heterocycles. The van der Waals surface area contributed by atoms with Gasteiger partial charge in [-0.2, -0.15) is 0 Å². The highest BCUT2D eigenvalue weighted by atomic mass is 16.4. The fourth-order valence-corrected chi connectivity index (χ4v) is 2.10. The second kappa shape index (κ2) is 14.9. The molecule has 0 saturated heterocycles. The van der Waals surface area contributed by atoms with Gasteiger partial charge >= 0.3 is 5.97 Å². The smallest absolute Gasteiger partial charge is 0.303 e. The molecule has 1 aromatic carbocycles. The number of hydrogen-bond acceptors (Lipinski definition) is 6. The summed E-state index contributed by atoms with van der Waals surface area (Å²) in [5.74, 6) is -1.94. The molecule has 30 heavy (non-hydrogen) atoms. The Morgan fingerprint density at radius 3 is 2.00 bits per heavy atom. The molecule has 0 spiro atoms. The third-order valence-electron chi connectivity index (χ3n) is 3.75. The summed E-state index contributed by atoms with van der Waals surface area (Å²) in [4.78, 5) is 45.1. The monoisotopic (exact) mass is 424 g/mol. The Kier molecular flexibility index (Phi) is 13.5. The van der Waals surface area contributed by atoms with Gasteiger partial charge in [-0.25, -0.2) is 0 Å². The molecular formula is C20H32N4O6. The maximum absolute atomic E-state index is 12.2. The van der Waals surface area contributed by atoms with Crippen LogP contribution in [0.4, 0.5) is 5.69 Å². The molecule has 0 aliphatic rings. The lowest BCUT2D eigenvalue weighted by Gasteiger charge is -2.21. The summed E-state index contributed by atoms with van der Waals surface area (Å²) in [6.07, 6.45) is 0.222. The number of likely N-dealkylation sites (N-methyl/N-ethyl adjacent to an activating group) is 1. The standard InChI is InChI=1S/C17H26N4O4.C3H6O2/c1-11(2)16(21-14(23)8-18-3)17(25)19-9-15(24)20-13-6-4-12(10-22)5-7-13;1-2-3(4)5/h4-7,11,16,18,22H,8-10H2,1-3H3,(H,19,25)(H,20,24)(H,21,23);2H2,1H3,(H,4,5). The second-order valence-corrected chi connectivity index (χ2v) is 6.69. The van der Waals surface area contributed by atoms with Gasteiger partial charge in [0.25, 0.3) is 0 Å². The van der Waals surface area contributed by atoms with E-state index in [4.69, 9.17) is 10.2 Å². The van der Waals surface area contributed by atoms with Crippen LogP contribution in [0.15, 0.2) is 24.3 Å². The van der Waals surface area contributed by atoms with Gasteiger partial charge < -0.3 is 31.5 Å². The topological polar surface area (TPSA) is 157 Å². The van der Waals surface area contributed by atoms with Gasteiger partial charge in [0, 0.05) is 12.1 Å². The summed E-state index contributed by atoms with van der Waals surface area (Å²) >= 11 is 0. The third-order valence-corrected chi connectivity index (χ3v) is 3.75. The number of hydrogen-bond donors (Lipinski definition) is 6. The maximum atomic E-state index is 12.2. The van der Waals surface area contributed by atoms with E-state index in [1.54, 1.807) is 38.2 Å². The Morgan fingerprint density at radius 2 is 1.57 bits per heavy atom. The minimum absolute atomic E-state index is 0.0693. The van der Waals surface area contributed by atoms with Crippen LogP contribution >= 0.6 is 0 Å². The largest absolute Gasteiger partial charge is 0.481 e. The number of carbonyl (C=O) groups is 4. The molecule has 1 unspecified atom stereocenters. The van der Waals surface area contributed by atoms with E-state index < -0.39 is 17.9 Å². The Labute approximate surface area is 176 Å². The molecular weight excluding hydrogens is 392 g/mol. The van der Waals surface area contributed by atoms with Crippen molar-refractivity contribution in [1.82, 2.24) is 16.0 Å². The van der Waals surface area contributed by atoms with Gasteiger partial charge in [-0.3, -0.25) is 19.2 Å². The van der Waals surface area contributed by atoms with E-state index in [1.165, 1.54) is 0 Å². The van der Waals surface area contributed by atoms with Crippen molar-refractivity contribution in [1.29, 1.82) is 0 Å². The van der Waals surface area contributed by atoms with Crippen LogP contribution in [0.5, 0.6) is 0 Å². The number of amides is 3. The third kappa shape index (κ3) is 11.8. The average molecular weight is 424 g/mol. The second-order valence-electron chi connectivity index (χ2n) is 6.69. The van der Waals surface area contributed by atoms with E-state index >= 15 is 0 Å². The number of aliphatic carboxylic acids is 1. The first kappa shape index (κ1) is 27.0. The van der Waals surface area contributed by atoms with E-state index in [2.05, 4.69) is 21.3 Å². The summed E-state index contributed by atoms with van der Waals surface area (Å²) in [6.45, 7) is 5.06. The lowest BCUT2D eigenvalue weighted by molar-refractivity contribution is -0.136. The molecule has 0 aliphatic heterocycles. The molecule has 6 N–H and O–H groups in total. The van der Waals surface area contributed by atoms with Gasteiger partial charge in [-0.15, -0.1) is 0 Å². The number of anilines is 1. The molecule has 0 aromatic heterocycles. The zero-order valence-electron chi connectivity index (χ0n) is 17.8. The number of carboxylic acid groups (broad SMARTS) is 1. The first-order valence-corrected chi connectivity index (χ1v) is 9.57. The van der Waals surface area contributed by atoms with Crippen LogP contribution in [0.1, 0.15) is 32.8 Å². The van der Waals surface area contributed by atoms with E-state index in [9.17, 15) is 19.2 Å². The molecule has 1 rings (SSSR count). The summed E-state index contributed by atoms with van der Waals surface area (Å²) in [5, 5.41) is 27.2. The number of carbonyl (C=O) groups excluding carboxylic acids is 3. The predicted molar refractivity (Wildman–Crippen MR) is 113 cm³/mol. The minimum atomic E-state index is -0.745. The summed E-state index contributed by atoms with van der Waals surface area (Å²) < 4.78 is 0. The molecule has 1 aromatic rings. The van der Waals surface area contributed by atoms with Crippen molar-refractivity contribution in [2.45, 2.75) is 39.8 Å². The molecule has 0 saturated carbocycles. The van der Waals surface area contributed by atoms with Crippen molar-refractivity contribution in [3.8, 4) is 0 Å². The summed E-state index contributed by atoms with van der Waals surface area (Å²) in [6, 6.07) is 6.01. The van der Waals surface area contributed by atoms with Gasteiger partial charge in [0.15, 0.2) is 0 Å². The quantitative estimate of drug-likeness (QED) is 0.310. The Morgan fingerprint density at radius 1 is 1.00 bits per heavy atom. The van der Waals surface area contributed by atoms with Crippen LogP contribution < -0.4 is 21.3 Å². The number of nitrogens with one attached hydrogen (secondary N) is 4. The highest BCUT2D eigenvalue weighted by Crippen LogP contribution is 2.09. The van der Waals surface area contributed by atoms with Crippen molar-refractivity contribution >= 4 is 29.4 Å². The normalized spacial score (nSPS) is 11.0. The fourth-order valence-electron chi connectivity index (χ4n) is 2.10. The first-order valence-electron chi connectivity index (χ1n) is 9.57. The number of aliphatic hydroxyl groups excluding tert-OH is 1. The SMILES string of the molecule is CCC(=O)O.CNCC(=O)NC(C(=O)NCC(=O)Nc1ccc(CO)cc1)C(C)C. The lowest BCUT2D eigenvalue weighted by Crippen LogP contribution is -2.52. The zero-order valence-corrected chi connectivity index (χ0v) is 17.8. The van der Waals surface area contributed by atoms with Crippen LogP contribution in [0, 0.1) is 5.92 Å². The molecule has 10 heteroatoms. The Balaban J connectivity index is 0.00000150. The van der Waals surface area contributed by atoms with Crippen molar-refractivity contribution in [2.24, 2.45) is 5.92 Å². The Bertz CT molecular complexity index is 691. The molecule has 0 aliphatic carbocycles. The van der Waals surface area contributed by atoms with Gasteiger partial charge in [0.1, 0.15) is 6.04 Å². The van der Waals surface area contributed by atoms with Crippen LogP contribution in [-0.2, 0) is 25.8 Å². The van der Waals surface area contributed by atoms with Crippen molar-refractivity contribution < 1.29 is 29.4 Å². The van der Waals surface area contributed by atoms with Gasteiger partial charge in [-0.05, 0) is 30.7 Å². The van der Waals surface area contributed by atoms with E-state index in [0.29, 0.717) is 5.69 Å². The van der Waals surface area contributed by atoms with Crippen LogP contribution in [0.25, 0.3) is 0 Å². The molecule has 0 bridgehead atoms. The Hall–Kier alpha value is -2.98. The van der Waals surface area contributed by atoms with Gasteiger partial charge in [0.05, 0.1) is 19.7 Å². The van der Waals surface area contributed by atoms with Crippen molar-refractivity contribution in [3.63, 3.8) is 0 Å². The van der Waals surface area contributed by atoms with Crippen molar-refractivity contribution in [2.75, 3.05) is 25.5 Å². The molecule has 1 atom stereocenters. The summed E-state index contributed by atoms with van der Waals surface area (Å²) in [5.41, 5.74) is 1.31. The van der Waals surface area contributed by atoms with E-state index in [-0.39, 0.29) is 43.8 Å². The van der Waals surface area contributed by atoms with Crippen LogP contribution in [0.3, 0.4) is 0 Å². The van der Waals surface area contributed by atoms with Gasteiger partial charge in [0.2, 0.25) is 17.7 Å². The first-order chi connectivity index (χ1) is 14.1. The highest BCUT2D eigenvalue weighted by Gasteiger charge is 2.24. The molecule has 0 radical (unpaired) electrons. The van der Waals surface area contributed by atoms with E-state index in [1.807, 2.05) is 13.8 Å². The number of rotatable bonds is 10. The minimum Gasteiger partial charge on any atom is -0.481 e. The molecule has 3 amide bonds. The zero-order chi connectivity index (χ0) is 23.1. The number of carboxylic acids is 1. The number of aliphatic hydroxyl groups is 1. The van der Waals surface area contributed by atoms with Crippen molar-refractivity contribution in [3.05, 3.63) is 29.8 Å². The van der Waals surface area contributed by atoms with Crippen LogP contribution in [0.2, 0.25) is 0 Å².